The number of nitrogens with one attached hydrogen (secondary N) is 2. The molecule has 30 heavy (non-hydrogen) atoms. The third-order valence-electron chi connectivity index (χ3n) is 4.11. The van der Waals surface area contributed by atoms with E-state index in [9.17, 15) is 14.4 Å². The van der Waals surface area contributed by atoms with Gasteiger partial charge in [-0.25, -0.2) is 4.68 Å². The first-order chi connectivity index (χ1) is 14.5. The summed E-state index contributed by atoms with van der Waals surface area (Å²) in [6.45, 7) is -0.375. The molecule has 3 aromatic rings. The molecule has 0 aliphatic rings. The summed E-state index contributed by atoms with van der Waals surface area (Å²) in [5, 5.41) is 9.34. The molecule has 154 valence electrons. The van der Waals surface area contributed by atoms with Crippen LogP contribution in [-0.4, -0.2) is 35.8 Å². The molecule has 1 aromatic heterocycles. The van der Waals surface area contributed by atoms with E-state index in [0.29, 0.717) is 22.9 Å². The van der Waals surface area contributed by atoms with Crippen LogP contribution in [0.25, 0.3) is 0 Å². The van der Waals surface area contributed by atoms with Gasteiger partial charge < -0.3 is 20.1 Å². The van der Waals surface area contributed by atoms with Crippen molar-refractivity contribution in [1.82, 2.24) is 9.78 Å². The lowest BCUT2D eigenvalue weighted by Crippen LogP contribution is -2.31. The lowest BCUT2D eigenvalue weighted by Gasteiger charge is -2.12. The van der Waals surface area contributed by atoms with Gasteiger partial charge in [0.25, 0.3) is 11.5 Å². The van der Waals surface area contributed by atoms with E-state index in [-0.39, 0.29) is 12.2 Å². The zero-order chi connectivity index (χ0) is 21.5. The van der Waals surface area contributed by atoms with Crippen LogP contribution in [0, 0.1) is 0 Å². The fraction of sp³-hybridized carbons (Fsp3) is 0.143. The normalized spacial score (nSPS) is 10.2. The average Bonchev–Trinajstić information content (AvgIpc) is 2.76. The van der Waals surface area contributed by atoms with Crippen molar-refractivity contribution in [3.63, 3.8) is 0 Å². The zero-order valence-corrected chi connectivity index (χ0v) is 16.4. The van der Waals surface area contributed by atoms with Crippen LogP contribution >= 0.6 is 0 Å². The quantitative estimate of drug-likeness (QED) is 0.620. The van der Waals surface area contributed by atoms with Crippen molar-refractivity contribution >= 4 is 23.2 Å². The molecule has 9 nitrogen and oxygen atoms in total. The molecule has 0 aliphatic heterocycles. The van der Waals surface area contributed by atoms with Gasteiger partial charge in [0, 0.05) is 17.8 Å². The molecule has 3 rings (SSSR count). The predicted octanol–water partition coefficient (Wildman–Crippen LogP) is 2.15. The minimum absolute atomic E-state index is 0.00767. The molecule has 0 unspecified atom stereocenters. The van der Waals surface area contributed by atoms with Crippen molar-refractivity contribution in [2.45, 2.75) is 6.54 Å². The summed E-state index contributed by atoms with van der Waals surface area (Å²) in [6.07, 6.45) is 0. The molecular weight excluding hydrogens is 388 g/mol. The third kappa shape index (κ3) is 5.02. The number of ether oxygens (including phenoxy) is 2. The van der Waals surface area contributed by atoms with Crippen LogP contribution in [0.2, 0.25) is 0 Å². The van der Waals surface area contributed by atoms with Crippen molar-refractivity contribution < 1.29 is 19.1 Å². The minimum atomic E-state index is -0.511. The van der Waals surface area contributed by atoms with Crippen LogP contribution in [0.5, 0.6) is 11.5 Å². The topological polar surface area (TPSA) is 112 Å². The predicted molar refractivity (Wildman–Crippen MR) is 111 cm³/mol. The summed E-state index contributed by atoms with van der Waals surface area (Å²) in [4.78, 5) is 36.9. The van der Waals surface area contributed by atoms with Crippen molar-refractivity contribution in [1.29, 1.82) is 0 Å². The van der Waals surface area contributed by atoms with Crippen molar-refractivity contribution in [3.05, 3.63) is 76.7 Å². The van der Waals surface area contributed by atoms with Crippen molar-refractivity contribution in [3.8, 4) is 11.5 Å². The summed E-state index contributed by atoms with van der Waals surface area (Å²) in [5.41, 5.74) is 0.497. The number of hydrogen-bond acceptors (Lipinski definition) is 6. The Morgan fingerprint density at radius 1 is 0.967 bits per heavy atom. The van der Waals surface area contributed by atoms with Gasteiger partial charge in [-0.2, -0.15) is 5.10 Å². The van der Waals surface area contributed by atoms with E-state index in [4.69, 9.17) is 9.47 Å². The highest BCUT2D eigenvalue weighted by Crippen LogP contribution is 2.28. The van der Waals surface area contributed by atoms with Gasteiger partial charge in [-0.1, -0.05) is 18.2 Å². The monoisotopic (exact) mass is 408 g/mol. The largest absolute Gasteiger partial charge is 0.497 e. The Balaban J connectivity index is 1.73. The van der Waals surface area contributed by atoms with Gasteiger partial charge in [-0.3, -0.25) is 14.4 Å². The van der Waals surface area contributed by atoms with E-state index >= 15 is 0 Å². The maximum Gasteiger partial charge on any atom is 0.276 e. The van der Waals surface area contributed by atoms with E-state index in [1.54, 1.807) is 42.5 Å². The number of para-hydroxylation sites is 1. The lowest BCUT2D eigenvalue weighted by atomic mass is 10.2. The molecule has 0 fully saturated rings. The third-order valence-corrected chi connectivity index (χ3v) is 4.11. The standard InChI is InChI=1S/C21H20N4O5/c1-29-15-8-9-16(18(12-15)30-2)23-19(26)13-25-20(27)11-10-17(24-25)21(28)22-14-6-4-3-5-7-14/h3-12H,13H2,1-2H3,(H,22,28)(H,23,26). The van der Waals surface area contributed by atoms with E-state index in [0.717, 1.165) is 4.68 Å². The molecule has 0 saturated heterocycles. The number of carbonyl (C=O) groups excluding carboxylic acids is 2. The van der Waals surface area contributed by atoms with Gasteiger partial charge >= 0.3 is 0 Å². The Morgan fingerprint density at radius 3 is 2.43 bits per heavy atom. The highest BCUT2D eigenvalue weighted by atomic mass is 16.5. The molecule has 2 amide bonds. The fourth-order valence-electron chi connectivity index (χ4n) is 2.63. The summed E-state index contributed by atoms with van der Waals surface area (Å²) >= 11 is 0. The van der Waals surface area contributed by atoms with Gasteiger partial charge in [0.1, 0.15) is 23.7 Å². The number of hydrogen-bond donors (Lipinski definition) is 2. The lowest BCUT2D eigenvalue weighted by molar-refractivity contribution is -0.117. The molecule has 0 saturated carbocycles. The smallest absolute Gasteiger partial charge is 0.276 e. The Bertz CT molecular complexity index is 1110. The Morgan fingerprint density at radius 2 is 1.73 bits per heavy atom. The van der Waals surface area contributed by atoms with Gasteiger partial charge in [0.15, 0.2) is 0 Å². The van der Waals surface area contributed by atoms with Crippen LogP contribution in [0.3, 0.4) is 0 Å². The van der Waals surface area contributed by atoms with E-state index < -0.39 is 17.4 Å². The number of aromatic nitrogens is 2. The Hall–Kier alpha value is -4.14. The SMILES string of the molecule is COc1ccc(NC(=O)Cn2nc(C(=O)Nc3ccccc3)ccc2=O)c(OC)c1. The number of nitrogens with zero attached hydrogens (tertiary/aromatic N) is 2. The summed E-state index contributed by atoms with van der Waals surface area (Å²) in [5.74, 6) is -0.0280. The average molecular weight is 408 g/mol. The van der Waals surface area contributed by atoms with E-state index in [1.165, 1.54) is 26.4 Å². The molecule has 0 radical (unpaired) electrons. The fourth-order valence-corrected chi connectivity index (χ4v) is 2.63. The summed E-state index contributed by atoms with van der Waals surface area (Å²) in [7, 11) is 2.98. The minimum Gasteiger partial charge on any atom is -0.497 e. The molecule has 0 aliphatic carbocycles. The first-order valence-corrected chi connectivity index (χ1v) is 8.96. The first kappa shape index (κ1) is 20.6. The Labute approximate surface area is 172 Å². The number of carbonyl (C=O) groups is 2. The van der Waals surface area contributed by atoms with Crippen LogP contribution < -0.4 is 25.7 Å². The molecular formula is C21H20N4O5. The number of anilines is 2. The number of rotatable bonds is 7. The van der Waals surface area contributed by atoms with Crippen molar-refractivity contribution in [2.24, 2.45) is 0 Å². The first-order valence-electron chi connectivity index (χ1n) is 8.96. The van der Waals surface area contributed by atoms with Gasteiger partial charge in [0.2, 0.25) is 5.91 Å². The van der Waals surface area contributed by atoms with Gasteiger partial charge in [-0.15, -0.1) is 0 Å². The molecule has 2 aromatic carbocycles. The van der Waals surface area contributed by atoms with Crippen LogP contribution in [-0.2, 0) is 11.3 Å². The second-order valence-electron chi connectivity index (χ2n) is 6.15. The number of amides is 2. The molecule has 1 heterocycles. The van der Waals surface area contributed by atoms with Crippen molar-refractivity contribution in [2.75, 3.05) is 24.9 Å². The molecule has 0 atom stereocenters. The molecule has 0 spiro atoms. The Kier molecular flexibility index (Phi) is 6.43. The molecule has 9 heteroatoms. The number of methoxy groups -OCH3 is 2. The highest BCUT2D eigenvalue weighted by molar-refractivity contribution is 6.02. The van der Waals surface area contributed by atoms with Crippen LogP contribution in [0.1, 0.15) is 10.5 Å². The zero-order valence-electron chi connectivity index (χ0n) is 16.4. The van der Waals surface area contributed by atoms with Gasteiger partial charge in [0.05, 0.1) is 19.9 Å². The maximum atomic E-state index is 12.4. The molecule has 0 bridgehead atoms. The second kappa shape index (κ2) is 9.37. The van der Waals surface area contributed by atoms with Crippen LogP contribution in [0.15, 0.2) is 65.5 Å². The second-order valence-corrected chi connectivity index (χ2v) is 6.15. The van der Waals surface area contributed by atoms with E-state index in [2.05, 4.69) is 15.7 Å². The highest BCUT2D eigenvalue weighted by Gasteiger charge is 2.14. The van der Waals surface area contributed by atoms with E-state index in [1.807, 2.05) is 6.07 Å². The summed E-state index contributed by atoms with van der Waals surface area (Å²) < 4.78 is 11.3. The maximum absolute atomic E-state index is 12.4. The molecule has 2 N–H and O–H groups in total. The summed E-state index contributed by atoms with van der Waals surface area (Å²) in [6, 6.07) is 16.2. The van der Waals surface area contributed by atoms with Crippen LogP contribution in [0.4, 0.5) is 11.4 Å². The number of benzene rings is 2. The van der Waals surface area contributed by atoms with Gasteiger partial charge in [-0.05, 0) is 30.3 Å².